The van der Waals surface area contributed by atoms with Crippen LogP contribution in [0, 0.1) is 5.92 Å². The number of fused-ring (bicyclic) bond motifs is 1. The zero-order valence-corrected chi connectivity index (χ0v) is 19.1. The Bertz CT molecular complexity index is 1180. The molecule has 0 saturated carbocycles. The van der Waals surface area contributed by atoms with Gasteiger partial charge in [-0.15, -0.1) is 0 Å². The van der Waals surface area contributed by atoms with Crippen LogP contribution in [0.4, 0.5) is 4.39 Å². The van der Waals surface area contributed by atoms with Crippen LogP contribution in [0.25, 0.3) is 11.1 Å². The fraction of sp³-hybridized carbons (Fsp3) is 0.286. The minimum atomic E-state index is -0.352. The molecule has 0 spiro atoms. The van der Waals surface area contributed by atoms with Gasteiger partial charge in [-0.2, -0.15) is 0 Å². The van der Waals surface area contributed by atoms with Crippen LogP contribution >= 0.6 is 0 Å². The zero-order chi connectivity index (χ0) is 23.7. The Balaban J connectivity index is 1.37. The number of ether oxygens (including phenoxy) is 2. The van der Waals surface area contributed by atoms with Crippen LogP contribution in [0.15, 0.2) is 66.7 Å². The average molecular weight is 462 g/mol. The second kappa shape index (κ2) is 9.39. The second-order valence-electron chi connectivity index (χ2n) is 8.96. The smallest absolute Gasteiger partial charge is 0.150 e. The van der Waals surface area contributed by atoms with Crippen LogP contribution < -0.4 is 9.47 Å². The summed E-state index contributed by atoms with van der Waals surface area (Å²) in [5, 5.41) is 19.8. The van der Waals surface area contributed by atoms with Crippen LogP contribution in [0.3, 0.4) is 0 Å². The Morgan fingerprint density at radius 1 is 0.971 bits per heavy atom. The molecule has 2 N–H and O–H groups in total. The van der Waals surface area contributed by atoms with Crippen molar-refractivity contribution in [3.8, 4) is 23.0 Å². The minimum absolute atomic E-state index is 0.183. The van der Waals surface area contributed by atoms with Gasteiger partial charge in [0.15, 0.2) is 0 Å². The van der Waals surface area contributed by atoms with E-state index in [0.29, 0.717) is 12.4 Å². The van der Waals surface area contributed by atoms with Crippen molar-refractivity contribution in [3.05, 3.63) is 83.4 Å². The van der Waals surface area contributed by atoms with Crippen molar-refractivity contribution in [2.24, 2.45) is 5.92 Å². The maximum Gasteiger partial charge on any atom is 0.150 e. The Morgan fingerprint density at radius 3 is 2.38 bits per heavy atom. The topological polar surface area (TPSA) is 62.2 Å². The molecular weight excluding hydrogens is 433 g/mol. The van der Waals surface area contributed by atoms with Crippen molar-refractivity contribution in [1.29, 1.82) is 0 Å². The van der Waals surface area contributed by atoms with Gasteiger partial charge in [0.1, 0.15) is 35.7 Å². The molecule has 5 rings (SSSR count). The number of benzene rings is 3. The van der Waals surface area contributed by atoms with Gasteiger partial charge in [-0.25, -0.2) is 0 Å². The first-order valence-electron chi connectivity index (χ1n) is 11.5. The summed E-state index contributed by atoms with van der Waals surface area (Å²) in [6, 6.07) is 20.1. The predicted octanol–water partition coefficient (Wildman–Crippen LogP) is 5.44. The summed E-state index contributed by atoms with van der Waals surface area (Å²) >= 11 is 0. The number of likely N-dealkylation sites (tertiary alicyclic amines) is 1. The Kier molecular flexibility index (Phi) is 6.16. The van der Waals surface area contributed by atoms with Crippen molar-refractivity contribution < 1.29 is 24.1 Å². The highest BCUT2D eigenvalue weighted by Gasteiger charge is 2.30. The number of allylic oxidation sites excluding steroid dienone is 1. The van der Waals surface area contributed by atoms with Gasteiger partial charge in [0.25, 0.3) is 0 Å². The van der Waals surface area contributed by atoms with Gasteiger partial charge in [-0.1, -0.05) is 24.3 Å². The normalized spacial score (nSPS) is 18.2. The number of phenolic OH excluding ortho intramolecular Hbond substituents is 2. The molecule has 0 bridgehead atoms. The molecule has 3 aromatic carbocycles. The largest absolute Gasteiger partial charge is 0.508 e. The second-order valence-corrected chi connectivity index (χ2v) is 8.96. The van der Waals surface area contributed by atoms with Crippen molar-refractivity contribution in [3.63, 3.8) is 0 Å². The van der Waals surface area contributed by atoms with Crippen molar-refractivity contribution in [1.82, 2.24) is 4.90 Å². The average Bonchev–Trinajstić information content (AvgIpc) is 2.82. The number of hydrogen-bond acceptors (Lipinski definition) is 5. The van der Waals surface area contributed by atoms with E-state index in [4.69, 9.17) is 9.47 Å². The molecule has 2 aliphatic rings. The third-order valence-electron chi connectivity index (χ3n) is 6.57. The van der Waals surface area contributed by atoms with E-state index >= 15 is 0 Å². The molecule has 5 nitrogen and oxygen atoms in total. The van der Waals surface area contributed by atoms with Gasteiger partial charge >= 0.3 is 0 Å². The zero-order valence-electron chi connectivity index (χ0n) is 19.1. The van der Waals surface area contributed by atoms with E-state index in [-0.39, 0.29) is 30.2 Å². The predicted molar refractivity (Wildman–Crippen MR) is 130 cm³/mol. The SMILES string of the molecule is CC1=C(c2ccc(O)cc2)C(c2ccc(OCCN3CC(CF)C3)cc2)Oc2ccc(O)cc21. The van der Waals surface area contributed by atoms with Crippen LogP contribution in [-0.2, 0) is 0 Å². The molecule has 1 saturated heterocycles. The van der Waals surface area contributed by atoms with E-state index in [2.05, 4.69) is 4.90 Å². The Labute approximate surface area is 198 Å². The lowest BCUT2D eigenvalue weighted by molar-refractivity contribution is 0.0668. The molecule has 3 aromatic rings. The fourth-order valence-corrected chi connectivity index (χ4v) is 4.67. The summed E-state index contributed by atoms with van der Waals surface area (Å²) in [4.78, 5) is 2.20. The Hall–Kier alpha value is -3.51. The number of halogens is 1. The minimum Gasteiger partial charge on any atom is -0.508 e. The molecule has 6 heteroatoms. The molecule has 1 fully saturated rings. The number of hydrogen-bond donors (Lipinski definition) is 2. The molecule has 0 aromatic heterocycles. The van der Waals surface area contributed by atoms with Gasteiger partial charge in [-0.05, 0) is 66.1 Å². The van der Waals surface area contributed by atoms with Crippen LogP contribution in [0.1, 0.15) is 29.7 Å². The van der Waals surface area contributed by atoms with Crippen molar-refractivity contribution >= 4 is 11.1 Å². The van der Waals surface area contributed by atoms with E-state index in [9.17, 15) is 14.6 Å². The van der Waals surface area contributed by atoms with E-state index in [1.54, 1.807) is 30.3 Å². The molecule has 34 heavy (non-hydrogen) atoms. The number of rotatable bonds is 7. The van der Waals surface area contributed by atoms with E-state index in [1.165, 1.54) is 0 Å². The van der Waals surface area contributed by atoms with Gasteiger partial charge in [0, 0.05) is 36.7 Å². The maximum absolute atomic E-state index is 12.6. The fourth-order valence-electron chi connectivity index (χ4n) is 4.67. The summed E-state index contributed by atoms with van der Waals surface area (Å²) in [7, 11) is 0. The third kappa shape index (κ3) is 4.46. The molecule has 0 aliphatic carbocycles. The lowest BCUT2D eigenvalue weighted by Crippen LogP contribution is -2.49. The van der Waals surface area contributed by atoms with Gasteiger partial charge in [0.05, 0.1) is 6.67 Å². The first kappa shape index (κ1) is 22.3. The molecule has 1 unspecified atom stereocenters. The number of aromatic hydroxyl groups is 2. The lowest BCUT2D eigenvalue weighted by Gasteiger charge is -2.37. The molecule has 2 aliphatic heterocycles. The highest BCUT2D eigenvalue weighted by atomic mass is 19.1. The first-order chi connectivity index (χ1) is 16.5. The first-order valence-corrected chi connectivity index (χ1v) is 11.5. The molecule has 176 valence electrons. The van der Waals surface area contributed by atoms with Crippen LogP contribution in [0.5, 0.6) is 23.0 Å². The quantitative estimate of drug-likeness (QED) is 0.491. The number of nitrogens with zero attached hydrogens (tertiary/aromatic N) is 1. The third-order valence-corrected chi connectivity index (χ3v) is 6.57. The summed E-state index contributed by atoms with van der Waals surface area (Å²) in [6.45, 7) is 4.75. The lowest BCUT2D eigenvalue weighted by atomic mass is 9.86. The molecule has 0 radical (unpaired) electrons. The number of alkyl halides is 1. The van der Waals surface area contributed by atoms with Gasteiger partial charge in [-0.3, -0.25) is 9.29 Å². The monoisotopic (exact) mass is 461 g/mol. The van der Waals surface area contributed by atoms with E-state index in [1.807, 2.05) is 43.3 Å². The van der Waals surface area contributed by atoms with Gasteiger partial charge in [0.2, 0.25) is 0 Å². The maximum atomic E-state index is 12.6. The standard InChI is InChI=1S/C28H28FNO4/c1-18-25-14-23(32)8-11-26(25)34-28(27(18)20-2-6-22(31)7-3-20)21-4-9-24(10-5-21)33-13-12-30-16-19(15-29)17-30/h2-11,14,19,28,31-32H,12-13,15-17H2,1H3. The molecule has 1 atom stereocenters. The number of phenols is 2. The summed E-state index contributed by atoms with van der Waals surface area (Å²) in [5.41, 5.74) is 4.75. The van der Waals surface area contributed by atoms with Crippen LogP contribution in [-0.4, -0.2) is 48.0 Å². The summed E-state index contributed by atoms with van der Waals surface area (Å²) < 4.78 is 24.9. The van der Waals surface area contributed by atoms with Crippen molar-refractivity contribution in [2.45, 2.75) is 13.0 Å². The van der Waals surface area contributed by atoms with Crippen LogP contribution in [0.2, 0.25) is 0 Å². The van der Waals surface area contributed by atoms with E-state index in [0.717, 1.165) is 53.2 Å². The van der Waals surface area contributed by atoms with Gasteiger partial charge < -0.3 is 19.7 Å². The van der Waals surface area contributed by atoms with Crippen molar-refractivity contribution in [2.75, 3.05) is 32.9 Å². The highest BCUT2D eigenvalue weighted by Crippen LogP contribution is 2.47. The Morgan fingerprint density at radius 2 is 1.68 bits per heavy atom. The molecular formula is C28H28FNO4. The summed E-state index contributed by atoms with van der Waals surface area (Å²) in [5.74, 6) is 2.06. The summed E-state index contributed by atoms with van der Waals surface area (Å²) in [6.07, 6.45) is -0.352. The van der Waals surface area contributed by atoms with E-state index < -0.39 is 0 Å². The molecule has 0 amide bonds. The molecule has 2 heterocycles. The highest BCUT2D eigenvalue weighted by molar-refractivity contribution is 5.95.